The maximum atomic E-state index is 12.8. The molecular weight excluding hydrogens is 376 g/mol. The number of sulfone groups is 1. The lowest BCUT2D eigenvalue weighted by atomic mass is 10.1. The van der Waals surface area contributed by atoms with Gasteiger partial charge in [0.15, 0.2) is 9.84 Å². The summed E-state index contributed by atoms with van der Waals surface area (Å²) in [7, 11) is -3.44. The fraction of sp³-hybridized carbons (Fsp3) is 0.667. The summed E-state index contributed by atoms with van der Waals surface area (Å²) in [6.45, 7) is 9.41. The van der Waals surface area contributed by atoms with Crippen molar-refractivity contribution in [2.24, 2.45) is 0 Å². The minimum Gasteiger partial charge on any atom is -0.373 e. The molecule has 0 aromatic heterocycles. The highest BCUT2D eigenvalue weighted by Crippen LogP contribution is 2.22. The second kappa shape index (κ2) is 8.93. The lowest BCUT2D eigenvalue weighted by molar-refractivity contribution is -0.132. The van der Waals surface area contributed by atoms with Crippen LogP contribution in [0, 0.1) is 6.92 Å². The van der Waals surface area contributed by atoms with Crippen molar-refractivity contribution in [1.29, 1.82) is 0 Å². The molecule has 3 rings (SSSR count). The van der Waals surface area contributed by atoms with Crippen LogP contribution >= 0.6 is 0 Å². The molecule has 0 bridgehead atoms. The number of rotatable bonds is 6. The standard InChI is InChI=1S/C21H32N2O4S/c1-16-6-8-20(9-7-16)28(25,26)12-10-21(24)23-11-4-5-19(23)15-22-13-17(2)27-18(3)14-22/h6-9,17-19H,4-5,10-15H2,1-3H3. The van der Waals surface area contributed by atoms with Crippen LogP contribution in [0.1, 0.15) is 38.7 Å². The number of carbonyl (C=O) groups excluding carboxylic acids is 1. The molecule has 28 heavy (non-hydrogen) atoms. The third-order valence-corrected chi connectivity index (χ3v) is 7.36. The van der Waals surface area contributed by atoms with Crippen LogP contribution < -0.4 is 0 Å². The highest BCUT2D eigenvalue weighted by atomic mass is 32.2. The minimum atomic E-state index is -3.44. The number of morpholine rings is 1. The molecule has 7 heteroatoms. The maximum Gasteiger partial charge on any atom is 0.223 e. The Labute approximate surface area is 168 Å². The molecule has 1 aromatic carbocycles. The topological polar surface area (TPSA) is 66.9 Å². The van der Waals surface area contributed by atoms with Gasteiger partial charge in [0.05, 0.1) is 22.9 Å². The first-order chi connectivity index (χ1) is 13.2. The smallest absolute Gasteiger partial charge is 0.223 e. The zero-order valence-electron chi connectivity index (χ0n) is 17.1. The number of hydrogen-bond donors (Lipinski definition) is 0. The molecule has 2 saturated heterocycles. The second-order valence-corrected chi connectivity index (χ2v) is 10.4. The van der Waals surface area contributed by atoms with Gasteiger partial charge in [-0.25, -0.2) is 8.42 Å². The van der Waals surface area contributed by atoms with Gasteiger partial charge in [0.2, 0.25) is 5.91 Å². The fourth-order valence-corrected chi connectivity index (χ4v) is 5.54. The van der Waals surface area contributed by atoms with Crippen LogP contribution in [0.25, 0.3) is 0 Å². The van der Waals surface area contributed by atoms with Gasteiger partial charge in [-0.15, -0.1) is 0 Å². The van der Waals surface area contributed by atoms with Gasteiger partial charge in [0, 0.05) is 38.6 Å². The number of amides is 1. The number of hydrogen-bond acceptors (Lipinski definition) is 5. The molecule has 2 aliphatic rings. The van der Waals surface area contributed by atoms with Gasteiger partial charge in [-0.2, -0.15) is 0 Å². The molecule has 1 amide bonds. The van der Waals surface area contributed by atoms with Gasteiger partial charge < -0.3 is 9.64 Å². The van der Waals surface area contributed by atoms with E-state index >= 15 is 0 Å². The molecule has 0 radical (unpaired) electrons. The minimum absolute atomic E-state index is 0.0443. The van der Waals surface area contributed by atoms with E-state index in [9.17, 15) is 13.2 Å². The normalized spacial score (nSPS) is 26.5. The first kappa shape index (κ1) is 21.3. The molecule has 6 nitrogen and oxygen atoms in total. The molecule has 0 saturated carbocycles. The van der Waals surface area contributed by atoms with E-state index in [1.807, 2.05) is 11.8 Å². The van der Waals surface area contributed by atoms with Gasteiger partial charge in [-0.3, -0.25) is 9.69 Å². The number of aryl methyl sites for hydroxylation is 1. The van der Waals surface area contributed by atoms with Gasteiger partial charge in [0.1, 0.15) is 0 Å². The van der Waals surface area contributed by atoms with Crippen molar-refractivity contribution in [2.75, 3.05) is 31.9 Å². The number of likely N-dealkylation sites (tertiary alicyclic amines) is 1. The van der Waals surface area contributed by atoms with E-state index < -0.39 is 9.84 Å². The number of carbonyl (C=O) groups is 1. The Morgan fingerprint density at radius 1 is 1.14 bits per heavy atom. The van der Waals surface area contributed by atoms with Crippen molar-refractivity contribution < 1.29 is 17.9 Å². The predicted molar refractivity (Wildman–Crippen MR) is 109 cm³/mol. The average Bonchev–Trinajstić information content (AvgIpc) is 3.07. The van der Waals surface area contributed by atoms with E-state index in [1.54, 1.807) is 24.3 Å². The molecule has 3 unspecified atom stereocenters. The molecular formula is C21H32N2O4S. The predicted octanol–water partition coefficient (Wildman–Crippen LogP) is 2.26. The van der Waals surface area contributed by atoms with Crippen molar-refractivity contribution in [3.63, 3.8) is 0 Å². The van der Waals surface area contributed by atoms with Crippen LogP contribution in [0.4, 0.5) is 0 Å². The van der Waals surface area contributed by atoms with Gasteiger partial charge >= 0.3 is 0 Å². The monoisotopic (exact) mass is 408 g/mol. The Balaban J connectivity index is 1.56. The van der Waals surface area contributed by atoms with Gasteiger partial charge in [-0.05, 0) is 45.7 Å². The largest absolute Gasteiger partial charge is 0.373 e. The highest BCUT2D eigenvalue weighted by Gasteiger charge is 2.32. The Bertz CT molecular complexity index is 768. The van der Waals surface area contributed by atoms with Crippen molar-refractivity contribution in [3.8, 4) is 0 Å². The highest BCUT2D eigenvalue weighted by molar-refractivity contribution is 7.91. The second-order valence-electron chi connectivity index (χ2n) is 8.24. The quantitative estimate of drug-likeness (QED) is 0.722. The Kier molecular flexibility index (Phi) is 6.78. The van der Waals surface area contributed by atoms with Crippen LogP contribution in [-0.4, -0.2) is 74.3 Å². The molecule has 156 valence electrons. The molecule has 2 fully saturated rings. The zero-order valence-corrected chi connectivity index (χ0v) is 18.0. The summed E-state index contributed by atoms with van der Waals surface area (Å²) in [5.41, 5.74) is 1.02. The van der Waals surface area contributed by atoms with Gasteiger partial charge in [-0.1, -0.05) is 17.7 Å². The number of nitrogens with zero attached hydrogens (tertiary/aromatic N) is 2. The van der Waals surface area contributed by atoms with E-state index in [1.165, 1.54) is 0 Å². The van der Waals surface area contributed by atoms with E-state index in [4.69, 9.17) is 4.74 Å². The van der Waals surface area contributed by atoms with Crippen LogP contribution in [0.15, 0.2) is 29.2 Å². The van der Waals surface area contributed by atoms with E-state index in [0.29, 0.717) is 4.90 Å². The van der Waals surface area contributed by atoms with Crippen molar-refractivity contribution in [3.05, 3.63) is 29.8 Å². The lowest BCUT2D eigenvalue weighted by Crippen LogP contribution is -2.51. The SMILES string of the molecule is Cc1ccc(S(=O)(=O)CCC(=O)N2CCCC2CN2CC(C)OC(C)C2)cc1. The van der Waals surface area contributed by atoms with Crippen molar-refractivity contribution in [1.82, 2.24) is 9.80 Å². The third kappa shape index (κ3) is 5.33. The first-order valence-electron chi connectivity index (χ1n) is 10.2. The molecule has 0 spiro atoms. The fourth-order valence-electron chi connectivity index (χ4n) is 4.31. The average molecular weight is 409 g/mol. The molecule has 0 N–H and O–H groups in total. The van der Waals surface area contributed by atoms with Crippen LogP contribution in [0.3, 0.4) is 0 Å². The maximum absolute atomic E-state index is 12.8. The number of benzene rings is 1. The summed E-state index contributed by atoms with van der Waals surface area (Å²) < 4.78 is 30.9. The molecule has 3 atom stereocenters. The van der Waals surface area contributed by atoms with E-state index in [-0.39, 0.29) is 36.3 Å². The first-order valence-corrected chi connectivity index (χ1v) is 11.9. The van der Waals surface area contributed by atoms with Gasteiger partial charge in [0.25, 0.3) is 0 Å². The third-order valence-electron chi connectivity index (χ3n) is 5.63. The summed E-state index contributed by atoms with van der Waals surface area (Å²) in [5.74, 6) is -0.184. The zero-order chi connectivity index (χ0) is 20.3. The molecule has 1 aromatic rings. The van der Waals surface area contributed by atoms with Crippen LogP contribution in [-0.2, 0) is 19.4 Å². The summed E-state index contributed by atoms with van der Waals surface area (Å²) in [5, 5.41) is 0. The van der Waals surface area contributed by atoms with E-state index in [0.717, 1.165) is 44.6 Å². The van der Waals surface area contributed by atoms with E-state index in [2.05, 4.69) is 18.7 Å². The Morgan fingerprint density at radius 2 is 1.79 bits per heavy atom. The number of ether oxygens (including phenoxy) is 1. The Morgan fingerprint density at radius 3 is 2.43 bits per heavy atom. The van der Waals surface area contributed by atoms with Crippen molar-refractivity contribution in [2.45, 2.75) is 63.2 Å². The summed E-state index contributed by atoms with van der Waals surface area (Å²) in [6.07, 6.45) is 2.42. The van der Waals surface area contributed by atoms with Crippen molar-refractivity contribution >= 4 is 15.7 Å². The lowest BCUT2D eigenvalue weighted by Gasteiger charge is -2.38. The molecule has 2 heterocycles. The molecule has 2 aliphatic heterocycles. The summed E-state index contributed by atoms with van der Waals surface area (Å²) in [4.78, 5) is 17.3. The van der Waals surface area contributed by atoms with Crippen LogP contribution in [0.5, 0.6) is 0 Å². The van der Waals surface area contributed by atoms with Crippen LogP contribution in [0.2, 0.25) is 0 Å². The Hall–Kier alpha value is -1.44. The summed E-state index contributed by atoms with van der Waals surface area (Å²) in [6, 6.07) is 6.99. The summed E-state index contributed by atoms with van der Waals surface area (Å²) >= 11 is 0. The molecule has 0 aliphatic carbocycles.